The molecule has 1 aliphatic carbocycles. The number of aliphatic hydroxyl groups excluding tert-OH is 1. The van der Waals surface area contributed by atoms with E-state index in [1.54, 1.807) is 0 Å². The molecule has 3 atom stereocenters. The fourth-order valence-corrected chi connectivity index (χ4v) is 3.66. The van der Waals surface area contributed by atoms with Crippen LogP contribution < -0.4 is 5.73 Å². The third kappa shape index (κ3) is 4.33. The summed E-state index contributed by atoms with van der Waals surface area (Å²) in [5, 5.41) is 9.93. The van der Waals surface area contributed by atoms with Crippen molar-refractivity contribution in [2.24, 2.45) is 11.7 Å². The lowest BCUT2D eigenvalue weighted by Gasteiger charge is -2.36. The van der Waals surface area contributed by atoms with Gasteiger partial charge < -0.3 is 10.8 Å². The largest absolute Gasteiger partial charge is 0.394 e. The van der Waals surface area contributed by atoms with Crippen molar-refractivity contribution in [1.29, 1.82) is 0 Å². The van der Waals surface area contributed by atoms with Crippen molar-refractivity contribution in [3.05, 3.63) is 0 Å². The number of hydrogen-bond acceptors (Lipinski definition) is 3. The summed E-state index contributed by atoms with van der Waals surface area (Å²) in [6.45, 7) is 4.69. The normalized spacial score (nSPS) is 34.0. The fourth-order valence-electron chi connectivity index (χ4n) is 2.04. The molecule has 1 aliphatic rings. The monoisotopic (exact) mass is 231 g/mol. The van der Waals surface area contributed by atoms with Crippen LogP contribution in [0.4, 0.5) is 0 Å². The molecular formula is C12H25NOS. The van der Waals surface area contributed by atoms with Crippen molar-refractivity contribution < 1.29 is 5.11 Å². The number of aliphatic hydroxyl groups is 1. The summed E-state index contributed by atoms with van der Waals surface area (Å²) in [5.41, 5.74) is 5.84. The van der Waals surface area contributed by atoms with E-state index in [-0.39, 0.29) is 12.1 Å². The third-order valence-electron chi connectivity index (χ3n) is 3.46. The first-order valence-electron chi connectivity index (χ1n) is 6.11. The van der Waals surface area contributed by atoms with Crippen LogP contribution in [0.15, 0.2) is 0 Å². The summed E-state index contributed by atoms with van der Waals surface area (Å²) in [6.07, 6.45) is 5.69. The molecule has 1 fully saturated rings. The van der Waals surface area contributed by atoms with Crippen LogP contribution in [0.25, 0.3) is 0 Å². The number of rotatable bonds is 5. The zero-order valence-electron chi connectivity index (χ0n) is 10.0. The lowest BCUT2D eigenvalue weighted by molar-refractivity contribution is 0.159. The Bertz CT molecular complexity index is 188. The summed E-state index contributed by atoms with van der Waals surface area (Å²) >= 11 is 2.06. The topological polar surface area (TPSA) is 46.2 Å². The molecule has 0 spiro atoms. The second-order valence-electron chi connectivity index (χ2n) is 5.09. The maximum absolute atomic E-state index is 9.26. The first-order valence-corrected chi connectivity index (χ1v) is 7.16. The van der Waals surface area contributed by atoms with Gasteiger partial charge in [0, 0.05) is 10.8 Å². The van der Waals surface area contributed by atoms with Gasteiger partial charge in [-0.25, -0.2) is 0 Å². The number of hydrogen-bond donors (Lipinski definition) is 2. The first kappa shape index (κ1) is 13.3. The number of nitrogens with two attached hydrogens (primary N) is 1. The predicted molar refractivity (Wildman–Crippen MR) is 68.2 cm³/mol. The molecule has 0 aromatic rings. The summed E-state index contributed by atoms with van der Waals surface area (Å²) in [5.74, 6) is 2.04. The molecule has 0 amide bonds. The summed E-state index contributed by atoms with van der Waals surface area (Å²) in [7, 11) is 0. The highest BCUT2D eigenvalue weighted by atomic mass is 32.2. The van der Waals surface area contributed by atoms with E-state index >= 15 is 0 Å². The lowest BCUT2D eigenvalue weighted by atomic mass is 9.83. The van der Waals surface area contributed by atoms with Crippen molar-refractivity contribution in [1.82, 2.24) is 0 Å². The SMILES string of the molecule is CCC(C)CSC1CCCC(N)(CO)C1. The maximum atomic E-state index is 9.26. The molecule has 3 heteroatoms. The molecule has 0 radical (unpaired) electrons. The van der Waals surface area contributed by atoms with Gasteiger partial charge in [0.05, 0.1) is 6.61 Å². The van der Waals surface area contributed by atoms with Crippen molar-refractivity contribution in [2.45, 2.75) is 56.7 Å². The van der Waals surface area contributed by atoms with Crippen molar-refractivity contribution in [2.75, 3.05) is 12.4 Å². The predicted octanol–water partition coefficient (Wildman–Crippen LogP) is 2.40. The lowest BCUT2D eigenvalue weighted by Crippen LogP contribution is -2.48. The van der Waals surface area contributed by atoms with Gasteiger partial charge >= 0.3 is 0 Å². The van der Waals surface area contributed by atoms with E-state index in [0.717, 1.165) is 18.8 Å². The van der Waals surface area contributed by atoms with Gasteiger partial charge in [0.2, 0.25) is 0 Å². The fraction of sp³-hybridized carbons (Fsp3) is 1.00. The molecular weight excluding hydrogens is 206 g/mol. The molecule has 0 bridgehead atoms. The minimum absolute atomic E-state index is 0.146. The standard InChI is InChI=1S/C12H25NOS/c1-3-10(2)8-15-11-5-4-6-12(13,7-11)9-14/h10-11,14H,3-9,13H2,1-2H3. The molecule has 0 aromatic carbocycles. The molecule has 2 nitrogen and oxygen atoms in total. The van der Waals surface area contributed by atoms with Gasteiger partial charge in [0.15, 0.2) is 0 Å². The molecule has 15 heavy (non-hydrogen) atoms. The van der Waals surface area contributed by atoms with Gasteiger partial charge in [0.1, 0.15) is 0 Å². The average Bonchev–Trinajstić information content (AvgIpc) is 2.26. The van der Waals surface area contributed by atoms with E-state index in [2.05, 4.69) is 25.6 Å². The Kier molecular flexibility index (Phi) is 5.44. The van der Waals surface area contributed by atoms with E-state index in [9.17, 15) is 5.11 Å². The Balaban J connectivity index is 2.30. The van der Waals surface area contributed by atoms with Crippen molar-refractivity contribution in [3.63, 3.8) is 0 Å². The molecule has 0 heterocycles. The summed E-state index contributed by atoms with van der Waals surface area (Å²) in [4.78, 5) is 0. The second-order valence-corrected chi connectivity index (χ2v) is 6.42. The van der Waals surface area contributed by atoms with E-state index < -0.39 is 0 Å². The van der Waals surface area contributed by atoms with Gasteiger partial charge in [-0.2, -0.15) is 11.8 Å². The van der Waals surface area contributed by atoms with Gasteiger partial charge in [-0.05, 0) is 30.9 Å². The van der Waals surface area contributed by atoms with Crippen molar-refractivity contribution in [3.8, 4) is 0 Å². The van der Waals surface area contributed by atoms with E-state index in [4.69, 9.17) is 5.73 Å². The van der Waals surface area contributed by atoms with E-state index in [1.165, 1.54) is 25.0 Å². The molecule has 90 valence electrons. The molecule has 3 unspecified atom stereocenters. The minimum Gasteiger partial charge on any atom is -0.394 e. The Morgan fingerprint density at radius 1 is 1.60 bits per heavy atom. The van der Waals surface area contributed by atoms with Crippen LogP contribution in [0.1, 0.15) is 46.0 Å². The molecule has 0 aromatic heterocycles. The third-order valence-corrected chi connectivity index (χ3v) is 5.10. The van der Waals surface area contributed by atoms with Crippen molar-refractivity contribution >= 4 is 11.8 Å². The van der Waals surface area contributed by atoms with Gasteiger partial charge in [0.25, 0.3) is 0 Å². The Hall–Kier alpha value is 0.270. The van der Waals surface area contributed by atoms with E-state index in [0.29, 0.717) is 5.25 Å². The van der Waals surface area contributed by atoms with Gasteiger partial charge in [-0.3, -0.25) is 0 Å². The highest BCUT2D eigenvalue weighted by molar-refractivity contribution is 7.99. The molecule has 3 N–H and O–H groups in total. The average molecular weight is 231 g/mol. The summed E-state index contributed by atoms with van der Waals surface area (Å²) in [6, 6.07) is 0. The zero-order valence-corrected chi connectivity index (χ0v) is 10.9. The molecule has 0 aliphatic heterocycles. The van der Waals surface area contributed by atoms with Crippen LogP contribution in [-0.2, 0) is 0 Å². The van der Waals surface area contributed by atoms with Crippen LogP contribution in [0.5, 0.6) is 0 Å². The van der Waals surface area contributed by atoms with Gasteiger partial charge in [-0.1, -0.05) is 26.7 Å². The quantitative estimate of drug-likeness (QED) is 0.764. The van der Waals surface area contributed by atoms with E-state index in [1.807, 2.05) is 0 Å². The smallest absolute Gasteiger partial charge is 0.0611 e. The second kappa shape index (κ2) is 6.12. The first-order chi connectivity index (χ1) is 7.09. The maximum Gasteiger partial charge on any atom is 0.0611 e. The minimum atomic E-state index is -0.286. The number of thioether (sulfide) groups is 1. The zero-order chi connectivity index (χ0) is 11.3. The van der Waals surface area contributed by atoms with Crippen LogP contribution in [0, 0.1) is 5.92 Å². The van der Waals surface area contributed by atoms with Crippen LogP contribution >= 0.6 is 11.8 Å². The van der Waals surface area contributed by atoms with Gasteiger partial charge in [-0.15, -0.1) is 0 Å². The van der Waals surface area contributed by atoms with Crippen LogP contribution in [-0.4, -0.2) is 28.3 Å². The highest BCUT2D eigenvalue weighted by Crippen LogP contribution is 2.34. The Morgan fingerprint density at radius 2 is 2.33 bits per heavy atom. The summed E-state index contributed by atoms with van der Waals surface area (Å²) < 4.78 is 0. The molecule has 1 rings (SSSR count). The molecule has 1 saturated carbocycles. The molecule has 0 saturated heterocycles. The highest BCUT2D eigenvalue weighted by Gasteiger charge is 2.32. The van der Waals surface area contributed by atoms with Crippen LogP contribution in [0.2, 0.25) is 0 Å². The Labute approximate surface area is 98.0 Å². The Morgan fingerprint density at radius 3 is 2.93 bits per heavy atom. The van der Waals surface area contributed by atoms with Crippen LogP contribution in [0.3, 0.4) is 0 Å².